The van der Waals surface area contributed by atoms with Gasteiger partial charge in [0.15, 0.2) is 17.4 Å². The van der Waals surface area contributed by atoms with E-state index in [1.54, 1.807) is 14.0 Å². The van der Waals surface area contributed by atoms with Crippen LogP contribution in [0.4, 0.5) is 4.39 Å². The average Bonchev–Trinajstić information content (AvgIpc) is 3.12. The molecule has 9 nitrogen and oxygen atoms in total. The van der Waals surface area contributed by atoms with Crippen LogP contribution < -0.4 is 10.1 Å². The average molecular weight is 386 g/mol. The molecule has 0 saturated carbocycles. The Labute approximate surface area is 160 Å². The number of amides is 1. The molecule has 3 rings (SSSR count). The molecule has 0 aliphatic heterocycles. The number of carbonyl (C=O) groups excluding carboxylic acids is 1. The SMILES string of the molecule is Cc1nc(C(=O)NCc2ccc(F)c(OCCO)c2)cc(-c2ncn(C)n2)n1. The highest BCUT2D eigenvalue weighted by atomic mass is 19.1. The van der Waals surface area contributed by atoms with Gasteiger partial charge in [0.25, 0.3) is 5.91 Å². The molecule has 10 heteroatoms. The van der Waals surface area contributed by atoms with E-state index >= 15 is 0 Å². The van der Waals surface area contributed by atoms with Gasteiger partial charge in [0.05, 0.1) is 6.61 Å². The second kappa shape index (κ2) is 8.53. The Hall–Kier alpha value is -3.40. The van der Waals surface area contributed by atoms with Crippen molar-refractivity contribution in [2.45, 2.75) is 13.5 Å². The van der Waals surface area contributed by atoms with Crippen LogP contribution in [0.2, 0.25) is 0 Å². The highest BCUT2D eigenvalue weighted by Gasteiger charge is 2.14. The monoisotopic (exact) mass is 386 g/mol. The Kier molecular flexibility index (Phi) is 5.90. The van der Waals surface area contributed by atoms with Crippen molar-refractivity contribution >= 4 is 5.91 Å². The van der Waals surface area contributed by atoms with Gasteiger partial charge in [0, 0.05) is 13.6 Å². The number of ether oxygens (including phenoxy) is 1. The number of rotatable bonds is 7. The Balaban J connectivity index is 1.72. The summed E-state index contributed by atoms with van der Waals surface area (Å²) in [5.74, 6) is -0.127. The summed E-state index contributed by atoms with van der Waals surface area (Å²) in [6.45, 7) is 1.58. The fourth-order valence-electron chi connectivity index (χ4n) is 2.45. The molecule has 0 aliphatic carbocycles. The number of halogens is 1. The summed E-state index contributed by atoms with van der Waals surface area (Å²) in [5.41, 5.74) is 1.26. The second-order valence-corrected chi connectivity index (χ2v) is 5.95. The lowest BCUT2D eigenvalue weighted by Crippen LogP contribution is -2.24. The first-order valence-corrected chi connectivity index (χ1v) is 8.48. The molecule has 3 aromatic rings. The van der Waals surface area contributed by atoms with Crippen molar-refractivity contribution in [3.05, 3.63) is 53.5 Å². The standard InChI is InChI=1S/C18H19FN6O3/c1-11-22-14(17-21-10-25(2)24-17)8-15(23-11)18(27)20-9-12-3-4-13(19)16(7-12)28-6-5-26/h3-4,7-8,10,26H,5-6,9H2,1-2H3,(H,20,27). The summed E-state index contributed by atoms with van der Waals surface area (Å²) >= 11 is 0. The lowest BCUT2D eigenvalue weighted by atomic mass is 10.2. The molecule has 0 atom stereocenters. The number of nitrogens with zero attached hydrogens (tertiary/aromatic N) is 5. The van der Waals surface area contributed by atoms with Crippen molar-refractivity contribution in [2.24, 2.45) is 7.05 Å². The second-order valence-electron chi connectivity index (χ2n) is 5.95. The number of aliphatic hydroxyl groups is 1. The summed E-state index contributed by atoms with van der Waals surface area (Å²) in [6.07, 6.45) is 1.54. The lowest BCUT2D eigenvalue weighted by molar-refractivity contribution is 0.0945. The number of aryl methyl sites for hydroxylation is 2. The molecule has 1 aromatic carbocycles. The van der Waals surface area contributed by atoms with Crippen LogP contribution in [0.5, 0.6) is 5.75 Å². The first-order chi connectivity index (χ1) is 13.5. The van der Waals surface area contributed by atoms with E-state index in [0.29, 0.717) is 22.9 Å². The van der Waals surface area contributed by atoms with Gasteiger partial charge >= 0.3 is 0 Å². The predicted octanol–water partition coefficient (Wildman–Crippen LogP) is 1.02. The number of hydrogen-bond acceptors (Lipinski definition) is 7. The molecule has 0 bridgehead atoms. The van der Waals surface area contributed by atoms with Crippen LogP contribution >= 0.6 is 0 Å². The summed E-state index contributed by atoms with van der Waals surface area (Å²) < 4.78 is 20.3. The van der Waals surface area contributed by atoms with E-state index in [0.717, 1.165) is 0 Å². The van der Waals surface area contributed by atoms with Crippen LogP contribution in [-0.4, -0.2) is 49.0 Å². The predicted molar refractivity (Wildman–Crippen MR) is 96.9 cm³/mol. The number of carbonyl (C=O) groups is 1. The first kappa shape index (κ1) is 19.4. The third kappa shape index (κ3) is 4.65. The van der Waals surface area contributed by atoms with Gasteiger partial charge < -0.3 is 15.2 Å². The molecule has 28 heavy (non-hydrogen) atoms. The van der Waals surface area contributed by atoms with Gasteiger partial charge in [0.2, 0.25) is 0 Å². The van der Waals surface area contributed by atoms with Gasteiger partial charge in [-0.25, -0.2) is 19.3 Å². The van der Waals surface area contributed by atoms with Gasteiger partial charge in [-0.1, -0.05) is 6.07 Å². The quantitative estimate of drug-likeness (QED) is 0.623. The minimum atomic E-state index is -0.539. The molecular formula is C18H19FN6O3. The summed E-state index contributed by atoms with van der Waals surface area (Å²) in [5, 5.41) is 15.7. The molecule has 2 aromatic heterocycles. The van der Waals surface area contributed by atoms with Crippen LogP contribution in [0.15, 0.2) is 30.6 Å². The largest absolute Gasteiger partial charge is 0.488 e. The number of benzene rings is 1. The Morgan fingerprint density at radius 3 is 2.86 bits per heavy atom. The normalized spacial score (nSPS) is 10.7. The summed E-state index contributed by atoms with van der Waals surface area (Å²) in [4.78, 5) is 25.0. The molecule has 0 fully saturated rings. The van der Waals surface area contributed by atoms with E-state index in [-0.39, 0.29) is 31.2 Å². The smallest absolute Gasteiger partial charge is 0.270 e. The van der Waals surface area contributed by atoms with Crippen LogP contribution in [-0.2, 0) is 13.6 Å². The molecule has 2 heterocycles. The van der Waals surface area contributed by atoms with E-state index in [2.05, 4.69) is 25.4 Å². The van der Waals surface area contributed by atoms with Gasteiger partial charge in [0.1, 0.15) is 30.1 Å². The third-order valence-electron chi connectivity index (χ3n) is 3.70. The number of aliphatic hydroxyl groups excluding tert-OH is 1. The maximum atomic E-state index is 13.7. The number of hydrogen-bond donors (Lipinski definition) is 2. The highest BCUT2D eigenvalue weighted by Crippen LogP contribution is 2.19. The van der Waals surface area contributed by atoms with Crippen molar-refractivity contribution in [3.8, 4) is 17.3 Å². The van der Waals surface area contributed by atoms with E-state index in [1.165, 1.54) is 35.3 Å². The van der Waals surface area contributed by atoms with E-state index in [9.17, 15) is 9.18 Å². The van der Waals surface area contributed by atoms with E-state index in [4.69, 9.17) is 9.84 Å². The van der Waals surface area contributed by atoms with Crippen molar-refractivity contribution < 1.29 is 19.0 Å². The lowest BCUT2D eigenvalue weighted by Gasteiger charge is -2.09. The van der Waals surface area contributed by atoms with Crippen molar-refractivity contribution in [1.29, 1.82) is 0 Å². The van der Waals surface area contributed by atoms with Crippen molar-refractivity contribution in [1.82, 2.24) is 30.0 Å². The highest BCUT2D eigenvalue weighted by molar-refractivity contribution is 5.93. The van der Waals surface area contributed by atoms with Crippen molar-refractivity contribution in [2.75, 3.05) is 13.2 Å². The number of nitrogens with one attached hydrogen (secondary N) is 1. The molecule has 2 N–H and O–H groups in total. The zero-order chi connectivity index (χ0) is 20.1. The molecule has 146 valence electrons. The van der Waals surface area contributed by atoms with E-state index < -0.39 is 11.7 Å². The zero-order valence-corrected chi connectivity index (χ0v) is 15.4. The fourth-order valence-corrected chi connectivity index (χ4v) is 2.45. The fraction of sp³-hybridized carbons (Fsp3) is 0.278. The van der Waals surface area contributed by atoms with Crippen LogP contribution in [0.25, 0.3) is 11.5 Å². The van der Waals surface area contributed by atoms with Gasteiger partial charge in [-0.15, -0.1) is 5.10 Å². The Bertz CT molecular complexity index is 991. The maximum absolute atomic E-state index is 13.7. The third-order valence-corrected chi connectivity index (χ3v) is 3.70. The topological polar surface area (TPSA) is 115 Å². The van der Waals surface area contributed by atoms with Crippen LogP contribution in [0, 0.1) is 12.7 Å². The molecule has 0 unspecified atom stereocenters. The first-order valence-electron chi connectivity index (χ1n) is 8.48. The molecule has 0 radical (unpaired) electrons. The van der Waals surface area contributed by atoms with Crippen LogP contribution in [0.1, 0.15) is 21.9 Å². The van der Waals surface area contributed by atoms with E-state index in [1.807, 2.05) is 0 Å². The minimum absolute atomic E-state index is 0.0159. The number of aromatic nitrogens is 5. The van der Waals surface area contributed by atoms with Gasteiger partial charge in [-0.3, -0.25) is 9.48 Å². The summed E-state index contributed by atoms with van der Waals surface area (Å²) in [6, 6.07) is 5.77. The molecule has 0 spiro atoms. The Morgan fingerprint density at radius 2 is 2.14 bits per heavy atom. The molecule has 0 aliphatic rings. The van der Waals surface area contributed by atoms with Gasteiger partial charge in [-0.05, 0) is 30.7 Å². The minimum Gasteiger partial charge on any atom is -0.488 e. The van der Waals surface area contributed by atoms with Crippen molar-refractivity contribution in [3.63, 3.8) is 0 Å². The zero-order valence-electron chi connectivity index (χ0n) is 15.4. The maximum Gasteiger partial charge on any atom is 0.270 e. The molecular weight excluding hydrogens is 367 g/mol. The molecule has 0 saturated heterocycles. The summed E-state index contributed by atoms with van der Waals surface area (Å²) in [7, 11) is 1.74. The van der Waals surface area contributed by atoms with Crippen LogP contribution in [0.3, 0.4) is 0 Å². The Morgan fingerprint density at radius 1 is 1.32 bits per heavy atom. The van der Waals surface area contributed by atoms with Gasteiger partial charge in [-0.2, -0.15) is 0 Å². The molecule has 1 amide bonds.